The van der Waals surface area contributed by atoms with Gasteiger partial charge in [0.15, 0.2) is 11.5 Å². The standard InChI is InChI=1S/C18H19ClN2O2/c19-14-3-1-12(2-4-14)13-7-15(20)10-21(9-13)16-5-6-17-18(8-16)23-11-22-17/h1-6,8,13,15H,7,9-11,20H2. The minimum atomic E-state index is 0.148. The molecule has 1 fully saturated rings. The second-order valence-corrected chi connectivity index (χ2v) is 6.62. The van der Waals surface area contributed by atoms with Crippen molar-refractivity contribution in [2.24, 2.45) is 5.73 Å². The summed E-state index contributed by atoms with van der Waals surface area (Å²) in [4.78, 5) is 2.33. The molecule has 4 rings (SSSR count). The molecule has 2 aromatic rings. The van der Waals surface area contributed by atoms with E-state index in [1.165, 1.54) is 5.56 Å². The van der Waals surface area contributed by atoms with E-state index in [0.717, 1.165) is 41.7 Å². The predicted octanol–water partition coefficient (Wildman–Crippen LogP) is 3.39. The summed E-state index contributed by atoms with van der Waals surface area (Å²) in [5.41, 5.74) is 8.72. The van der Waals surface area contributed by atoms with Gasteiger partial charge in [-0.15, -0.1) is 0 Å². The summed E-state index contributed by atoms with van der Waals surface area (Å²) >= 11 is 6.00. The number of hydrogen-bond donors (Lipinski definition) is 1. The van der Waals surface area contributed by atoms with Crippen LogP contribution in [0.1, 0.15) is 17.9 Å². The van der Waals surface area contributed by atoms with Gasteiger partial charge < -0.3 is 20.1 Å². The Morgan fingerprint density at radius 3 is 2.61 bits per heavy atom. The van der Waals surface area contributed by atoms with Crippen molar-refractivity contribution < 1.29 is 9.47 Å². The number of rotatable bonds is 2. The van der Waals surface area contributed by atoms with Crippen molar-refractivity contribution in [1.29, 1.82) is 0 Å². The second kappa shape index (κ2) is 5.95. The summed E-state index contributed by atoms with van der Waals surface area (Å²) < 4.78 is 10.9. The lowest BCUT2D eigenvalue weighted by molar-refractivity contribution is 0.174. The molecule has 2 aromatic carbocycles. The number of anilines is 1. The number of nitrogens with zero attached hydrogens (tertiary/aromatic N) is 1. The summed E-state index contributed by atoms with van der Waals surface area (Å²) in [5, 5.41) is 0.765. The Balaban J connectivity index is 1.58. The van der Waals surface area contributed by atoms with Crippen LogP contribution in [0.25, 0.3) is 0 Å². The Morgan fingerprint density at radius 2 is 1.78 bits per heavy atom. The zero-order chi connectivity index (χ0) is 15.8. The van der Waals surface area contributed by atoms with Gasteiger partial charge in [-0.2, -0.15) is 0 Å². The van der Waals surface area contributed by atoms with Gasteiger partial charge in [-0.05, 0) is 36.2 Å². The van der Waals surface area contributed by atoms with Gasteiger partial charge >= 0.3 is 0 Å². The second-order valence-electron chi connectivity index (χ2n) is 6.19. The van der Waals surface area contributed by atoms with E-state index in [2.05, 4.69) is 23.1 Å². The number of piperidine rings is 1. The van der Waals surface area contributed by atoms with Crippen LogP contribution in [0, 0.1) is 0 Å². The molecule has 5 heteroatoms. The minimum Gasteiger partial charge on any atom is -0.454 e. The first-order chi connectivity index (χ1) is 11.2. The molecule has 2 heterocycles. The summed E-state index contributed by atoms with van der Waals surface area (Å²) in [6, 6.07) is 14.3. The topological polar surface area (TPSA) is 47.7 Å². The van der Waals surface area contributed by atoms with Gasteiger partial charge in [0.2, 0.25) is 6.79 Å². The molecule has 0 spiro atoms. The van der Waals surface area contributed by atoms with Crippen LogP contribution >= 0.6 is 11.6 Å². The van der Waals surface area contributed by atoms with Crippen LogP contribution in [0.3, 0.4) is 0 Å². The zero-order valence-electron chi connectivity index (χ0n) is 12.7. The van der Waals surface area contributed by atoms with Gasteiger partial charge in [0.05, 0.1) is 0 Å². The van der Waals surface area contributed by atoms with E-state index in [4.69, 9.17) is 26.8 Å². The molecule has 1 saturated heterocycles. The summed E-state index contributed by atoms with van der Waals surface area (Å²) in [6.07, 6.45) is 0.989. The predicted molar refractivity (Wildman–Crippen MR) is 91.6 cm³/mol. The highest BCUT2D eigenvalue weighted by atomic mass is 35.5. The lowest BCUT2D eigenvalue weighted by Gasteiger charge is -2.38. The van der Waals surface area contributed by atoms with E-state index >= 15 is 0 Å². The van der Waals surface area contributed by atoms with Crippen molar-refractivity contribution in [3.8, 4) is 11.5 Å². The van der Waals surface area contributed by atoms with Crippen LogP contribution < -0.4 is 20.1 Å². The first-order valence-electron chi connectivity index (χ1n) is 7.85. The van der Waals surface area contributed by atoms with E-state index in [1.807, 2.05) is 24.3 Å². The number of benzene rings is 2. The van der Waals surface area contributed by atoms with Crippen molar-refractivity contribution in [3.05, 3.63) is 53.1 Å². The molecule has 0 bridgehead atoms. The van der Waals surface area contributed by atoms with Crippen LogP contribution in [0.5, 0.6) is 11.5 Å². The van der Waals surface area contributed by atoms with Crippen LogP contribution in [-0.2, 0) is 0 Å². The van der Waals surface area contributed by atoms with E-state index in [1.54, 1.807) is 0 Å². The molecule has 2 aliphatic rings. The summed E-state index contributed by atoms with van der Waals surface area (Å²) in [7, 11) is 0. The van der Waals surface area contributed by atoms with Gasteiger partial charge in [-0.1, -0.05) is 23.7 Å². The largest absolute Gasteiger partial charge is 0.454 e. The Bertz CT molecular complexity index is 705. The van der Waals surface area contributed by atoms with Crippen molar-refractivity contribution in [2.75, 3.05) is 24.8 Å². The Kier molecular flexibility index (Phi) is 3.79. The van der Waals surface area contributed by atoms with Gasteiger partial charge in [0, 0.05) is 41.8 Å². The SMILES string of the molecule is NC1CC(c2ccc(Cl)cc2)CN(c2ccc3c(c2)OCO3)C1. The maximum atomic E-state index is 6.31. The van der Waals surface area contributed by atoms with Gasteiger partial charge in [0.25, 0.3) is 0 Å². The van der Waals surface area contributed by atoms with Gasteiger partial charge in [-0.25, -0.2) is 0 Å². The molecule has 2 unspecified atom stereocenters. The molecule has 120 valence electrons. The first kappa shape index (κ1) is 14.7. The van der Waals surface area contributed by atoms with Crippen LogP contribution in [-0.4, -0.2) is 25.9 Å². The fourth-order valence-corrected chi connectivity index (χ4v) is 3.53. The normalized spacial score (nSPS) is 23.1. The third-order valence-corrected chi connectivity index (χ3v) is 4.80. The summed E-state index contributed by atoms with van der Waals surface area (Å²) in [5.74, 6) is 2.02. The number of ether oxygens (including phenoxy) is 2. The average Bonchev–Trinajstić information content (AvgIpc) is 3.02. The first-order valence-corrected chi connectivity index (χ1v) is 8.22. The lowest BCUT2D eigenvalue weighted by Crippen LogP contribution is -2.46. The molecule has 0 radical (unpaired) electrons. The molecular weight excluding hydrogens is 312 g/mol. The Morgan fingerprint density at radius 1 is 1.00 bits per heavy atom. The molecule has 0 saturated carbocycles. The third-order valence-electron chi connectivity index (χ3n) is 4.55. The molecule has 4 nitrogen and oxygen atoms in total. The number of hydrogen-bond acceptors (Lipinski definition) is 4. The molecule has 2 atom stereocenters. The number of halogens is 1. The van der Waals surface area contributed by atoms with Crippen LogP contribution in [0.15, 0.2) is 42.5 Å². The monoisotopic (exact) mass is 330 g/mol. The molecular formula is C18H19ClN2O2. The fourth-order valence-electron chi connectivity index (χ4n) is 3.41. The van der Waals surface area contributed by atoms with Crippen molar-refractivity contribution in [3.63, 3.8) is 0 Å². The molecule has 0 amide bonds. The van der Waals surface area contributed by atoms with E-state index in [9.17, 15) is 0 Å². The van der Waals surface area contributed by atoms with Crippen LogP contribution in [0.2, 0.25) is 5.02 Å². The maximum Gasteiger partial charge on any atom is 0.231 e. The molecule has 2 N–H and O–H groups in total. The van der Waals surface area contributed by atoms with E-state index < -0.39 is 0 Å². The highest BCUT2D eigenvalue weighted by molar-refractivity contribution is 6.30. The third kappa shape index (κ3) is 2.96. The van der Waals surface area contributed by atoms with Gasteiger partial charge in [-0.3, -0.25) is 0 Å². The lowest BCUT2D eigenvalue weighted by atomic mass is 9.88. The van der Waals surface area contributed by atoms with E-state index in [0.29, 0.717) is 12.7 Å². The Labute approximate surface area is 140 Å². The summed E-state index contributed by atoms with van der Waals surface area (Å²) in [6.45, 7) is 2.09. The highest BCUT2D eigenvalue weighted by Crippen LogP contribution is 2.37. The average molecular weight is 331 g/mol. The maximum absolute atomic E-state index is 6.31. The van der Waals surface area contributed by atoms with Crippen molar-refractivity contribution >= 4 is 17.3 Å². The van der Waals surface area contributed by atoms with Crippen molar-refractivity contribution in [2.45, 2.75) is 18.4 Å². The molecule has 23 heavy (non-hydrogen) atoms. The zero-order valence-corrected chi connectivity index (χ0v) is 13.5. The van der Waals surface area contributed by atoms with Gasteiger partial charge in [0.1, 0.15) is 0 Å². The molecule has 0 aromatic heterocycles. The fraction of sp³-hybridized carbons (Fsp3) is 0.333. The number of fused-ring (bicyclic) bond motifs is 1. The molecule has 0 aliphatic carbocycles. The van der Waals surface area contributed by atoms with Crippen molar-refractivity contribution in [1.82, 2.24) is 0 Å². The van der Waals surface area contributed by atoms with Crippen LogP contribution in [0.4, 0.5) is 5.69 Å². The smallest absolute Gasteiger partial charge is 0.231 e. The van der Waals surface area contributed by atoms with E-state index in [-0.39, 0.29) is 6.04 Å². The Hall–Kier alpha value is -1.91. The quantitative estimate of drug-likeness (QED) is 0.917. The minimum absolute atomic E-state index is 0.148. The number of nitrogens with two attached hydrogens (primary N) is 1. The highest BCUT2D eigenvalue weighted by Gasteiger charge is 2.27. The molecule has 2 aliphatic heterocycles.